The van der Waals surface area contributed by atoms with Gasteiger partial charge in [0.2, 0.25) is 6.41 Å². The van der Waals surface area contributed by atoms with Crippen molar-refractivity contribution in [2.75, 3.05) is 11.5 Å². The number of carbonyl (C=O) groups is 1. The zero-order chi connectivity index (χ0) is 38.7. The number of aromatic hydroxyl groups is 1. The lowest BCUT2D eigenvalue weighted by Gasteiger charge is -2.40. The molecule has 0 spiro atoms. The van der Waals surface area contributed by atoms with Gasteiger partial charge in [-0.2, -0.15) is 0 Å². The maximum atomic E-state index is 13.6. The van der Waals surface area contributed by atoms with Crippen molar-refractivity contribution in [2.24, 2.45) is 5.92 Å². The van der Waals surface area contributed by atoms with Crippen molar-refractivity contribution in [2.45, 2.75) is 70.5 Å². The third-order valence-electron chi connectivity index (χ3n) is 10.8. The summed E-state index contributed by atoms with van der Waals surface area (Å²) >= 11 is 0. The van der Waals surface area contributed by atoms with Crippen molar-refractivity contribution in [1.82, 2.24) is 0 Å². The van der Waals surface area contributed by atoms with E-state index < -0.39 is 11.9 Å². The molecule has 1 aliphatic carbocycles. The molecule has 0 radical (unpaired) electrons. The summed E-state index contributed by atoms with van der Waals surface area (Å²) in [6.07, 6.45) is 3.73. The van der Waals surface area contributed by atoms with E-state index >= 15 is 0 Å². The minimum Gasteiger partial charge on any atom is -0.507 e. The van der Waals surface area contributed by atoms with Crippen LogP contribution in [-0.4, -0.2) is 29.0 Å². The lowest BCUT2D eigenvalue weighted by Crippen LogP contribution is -2.43. The van der Waals surface area contributed by atoms with Gasteiger partial charge < -0.3 is 24.6 Å². The van der Waals surface area contributed by atoms with Gasteiger partial charge in [0.25, 0.3) is 0 Å². The Balaban J connectivity index is 1.52. The van der Waals surface area contributed by atoms with Gasteiger partial charge in [0.15, 0.2) is 5.79 Å². The first-order valence-electron chi connectivity index (χ1n) is 19.8. The number of hydrogen-bond acceptors (Lipinski definition) is 5. The Kier molecular flexibility index (Phi) is 12.7. The van der Waals surface area contributed by atoms with Crippen molar-refractivity contribution >= 4 is 12.1 Å². The second-order valence-electron chi connectivity index (χ2n) is 14.7. The Hall–Kier alpha value is -5.53. The predicted octanol–water partition coefficient (Wildman–Crippen LogP) is 9.91. The summed E-state index contributed by atoms with van der Waals surface area (Å²) < 4.78 is 14.3. The van der Waals surface area contributed by atoms with E-state index in [0.717, 1.165) is 52.6 Å². The Bertz CT molecular complexity index is 2140. The fraction of sp³-hybridized carbons (Fsp3) is 0.260. The molecule has 2 unspecified atom stereocenters. The molecule has 2 N–H and O–H groups in total. The van der Waals surface area contributed by atoms with Crippen LogP contribution in [0.3, 0.4) is 0 Å². The number of carbonyl (C=O) groups excluding carboxylic acids is 1. The molecule has 1 aliphatic rings. The largest absolute Gasteiger partial charge is 0.507 e. The monoisotopic (exact) mass is 745 g/mol. The molecule has 286 valence electrons. The highest BCUT2D eigenvalue weighted by Gasteiger charge is 2.50. The van der Waals surface area contributed by atoms with Gasteiger partial charge in [-0.15, -0.1) is 0 Å². The van der Waals surface area contributed by atoms with Gasteiger partial charge in [0, 0.05) is 42.9 Å². The number of amides is 1. The molecule has 0 bridgehead atoms. The molecule has 0 aliphatic heterocycles. The number of hydrogen-bond donors (Lipinski definition) is 2. The van der Waals surface area contributed by atoms with E-state index in [4.69, 9.17) is 9.47 Å². The molecule has 2 atom stereocenters. The third kappa shape index (κ3) is 9.11. The zero-order valence-corrected chi connectivity index (χ0v) is 32.1. The summed E-state index contributed by atoms with van der Waals surface area (Å²) in [4.78, 5) is 15.3. The Labute approximate surface area is 331 Å². The molecule has 1 fully saturated rings. The van der Waals surface area contributed by atoms with E-state index in [1.807, 2.05) is 122 Å². The second-order valence-corrected chi connectivity index (χ2v) is 14.7. The molecular weight excluding hydrogens is 695 g/mol. The quantitative estimate of drug-likeness (QED) is 0.0638. The summed E-state index contributed by atoms with van der Waals surface area (Å²) in [5, 5.41) is 24.3. The SMILES string of the molecule is CCOC(Cc1ccccc1)(OC(Cc1ccccc1)c1c(O)c(Cc2ccccc2)c(CO)c(Cc2ccccc2)c1N(C=O)Cc1ccccc1)C1CC1. The minimum atomic E-state index is -1.00. The van der Waals surface area contributed by atoms with Crippen molar-refractivity contribution in [3.05, 3.63) is 202 Å². The van der Waals surface area contributed by atoms with Crippen molar-refractivity contribution < 1.29 is 24.5 Å². The maximum absolute atomic E-state index is 13.6. The lowest BCUT2D eigenvalue weighted by atomic mass is 9.84. The summed E-state index contributed by atoms with van der Waals surface area (Å²) in [6, 6.07) is 50.4. The van der Waals surface area contributed by atoms with Crippen LogP contribution in [-0.2, 0) is 53.1 Å². The first kappa shape index (κ1) is 38.7. The van der Waals surface area contributed by atoms with Gasteiger partial charge in [-0.05, 0) is 65.1 Å². The van der Waals surface area contributed by atoms with E-state index in [1.165, 1.54) is 0 Å². The number of anilines is 1. The summed E-state index contributed by atoms with van der Waals surface area (Å²) in [6.45, 7) is 2.37. The molecular formula is C50H51NO5. The zero-order valence-electron chi connectivity index (χ0n) is 32.1. The number of phenolic OH excluding ortho intramolecular Hbond substituents is 1. The molecule has 0 aromatic heterocycles. The molecule has 1 saturated carbocycles. The summed E-state index contributed by atoms with van der Waals surface area (Å²) in [5.41, 5.74) is 8.12. The van der Waals surface area contributed by atoms with E-state index in [0.29, 0.717) is 54.7 Å². The highest BCUT2D eigenvalue weighted by molar-refractivity contribution is 5.83. The molecule has 6 aromatic carbocycles. The van der Waals surface area contributed by atoms with Crippen LogP contribution in [0.5, 0.6) is 5.75 Å². The molecule has 6 nitrogen and oxygen atoms in total. The Morgan fingerprint density at radius 3 is 1.64 bits per heavy atom. The molecule has 6 aromatic rings. The Morgan fingerprint density at radius 1 is 0.679 bits per heavy atom. The average Bonchev–Trinajstić information content (AvgIpc) is 4.10. The standard InChI is InChI=1S/C50H51NO5/c1-2-55-50(42-28-29-42,33-40-24-14-6-15-25-40)56-46(32-39-22-12-5-13-23-39)47-48(51(36-53)34-41-26-16-7-17-27-41)43(30-37-18-8-3-9-19-37)45(35-52)44(49(47)54)31-38-20-10-4-11-21-38/h3-27,36,42,46,52,54H,2,28-35H2,1H3. The highest BCUT2D eigenvalue weighted by atomic mass is 16.7. The van der Waals surface area contributed by atoms with Crippen LogP contribution in [0.4, 0.5) is 5.69 Å². The molecule has 56 heavy (non-hydrogen) atoms. The number of ether oxygens (including phenoxy) is 2. The van der Waals surface area contributed by atoms with E-state index in [9.17, 15) is 15.0 Å². The molecule has 0 heterocycles. The van der Waals surface area contributed by atoms with Crippen LogP contribution >= 0.6 is 0 Å². The number of aliphatic hydroxyl groups is 1. The average molecular weight is 746 g/mol. The minimum absolute atomic E-state index is 0.0199. The van der Waals surface area contributed by atoms with Gasteiger partial charge in [0.1, 0.15) is 5.75 Å². The van der Waals surface area contributed by atoms with Gasteiger partial charge in [-0.1, -0.05) is 152 Å². The van der Waals surface area contributed by atoms with E-state index in [-0.39, 0.29) is 24.8 Å². The topological polar surface area (TPSA) is 79.2 Å². The van der Waals surface area contributed by atoms with Crippen LogP contribution in [0.15, 0.2) is 152 Å². The third-order valence-corrected chi connectivity index (χ3v) is 10.8. The van der Waals surface area contributed by atoms with E-state index in [1.54, 1.807) is 4.90 Å². The molecule has 1 amide bonds. The van der Waals surface area contributed by atoms with Gasteiger partial charge >= 0.3 is 0 Å². The second kappa shape index (κ2) is 18.4. The normalized spacial score (nSPS) is 14.2. The number of benzene rings is 6. The van der Waals surface area contributed by atoms with Crippen molar-refractivity contribution in [1.29, 1.82) is 0 Å². The number of aliphatic hydroxyl groups excluding tert-OH is 1. The smallest absolute Gasteiger partial charge is 0.214 e. The number of nitrogens with zero attached hydrogens (tertiary/aromatic N) is 1. The summed E-state index contributed by atoms with van der Waals surface area (Å²) in [7, 11) is 0. The van der Waals surface area contributed by atoms with Crippen LogP contribution in [0.25, 0.3) is 0 Å². The molecule has 6 heteroatoms. The highest BCUT2D eigenvalue weighted by Crippen LogP contribution is 2.52. The van der Waals surface area contributed by atoms with Gasteiger partial charge in [0.05, 0.1) is 24.9 Å². The maximum Gasteiger partial charge on any atom is 0.214 e. The number of phenols is 1. The van der Waals surface area contributed by atoms with Crippen molar-refractivity contribution in [3.63, 3.8) is 0 Å². The van der Waals surface area contributed by atoms with Crippen LogP contribution in [0.2, 0.25) is 0 Å². The predicted molar refractivity (Wildman–Crippen MR) is 222 cm³/mol. The molecule has 7 rings (SSSR count). The van der Waals surface area contributed by atoms with Gasteiger partial charge in [-0.3, -0.25) is 4.79 Å². The van der Waals surface area contributed by atoms with Crippen LogP contribution < -0.4 is 4.90 Å². The van der Waals surface area contributed by atoms with Crippen LogP contribution in [0.1, 0.15) is 75.9 Å². The fourth-order valence-electron chi connectivity index (χ4n) is 8.06. The fourth-order valence-corrected chi connectivity index (χ4v) is 8.06. The van der Waals surface area contributed by atoms with Crippen LogP contribution in [0, 0.1) is 5.92 Å². The first-order chi connectivity index (χ1) is 27.5. The number of rotatable bonds is 19. The summed E-state index contributed by atoms with van der Waals surface area (Å²) in [5.74, 6) is -0.840. The lowest BCUT2D eigenvalue weighted by molar-refractivity contribution is -0.271. The van der Waals surface area contributed by atoms with E-state index in [2.05, 4.69) is 36.4 Å². The Morgan fingerprint density at radius 2 is 1.16 bits per heavy atom. The first-order valence-corrected chi connectivity index (χ1v) is 19.8. The van der Waals surface area contributed by atoms with Gasteiger partial charge in [-0.25, -0.2) is 0 Å². The molecule has 0 saturated heterocycles. The van der Waals surface area contributed by atoms with Crippen molar-refractivity contribution in [3.8, 4) is 5.75 Å².